The molecular formula is C14H16Cl2O. The largest absolute Gasteiger partial charge is 0.392 e. The van der Waals surface area contributed by atoms with Crippen molar-refractivity contribution in [2.45, 2.75) is 31.2 Å². The van der Waals surface area contributed by atoms with E-state index in [1.54, 1.807) is 6.07 Å². The summed E-state index contributed by atoms with van der Waals surface area (Å²) in [5.74, 6) is 0.578. The van der Waals surface area contributed by atoms with Crippen LogP contribution in [0.1, 0.15) is 30.4 Å². The first-order chi connectivity index (χ1) is 8.17. The summed E-state index contributed by atoms with van der Waals surface area (Å²) < 4.78 is 0. The Kier molecular flexibility index (Phi) is 4.49. The Morgan fingerprint density at radius 3 is 2.76 bits per heavy atom. The minimum atomic E-state index is 0.0224. The summed E-state index contributed by atoms with van der Waals surface area (Å²) in [6, 6.07) is 5.64. The monoisotopic (exact) mass is 270 g/mol. The third-order valence-corrected chi connectivity index (χ3v) is 3.75. The van der Waals surface area contributed by atoms with Crippen molar-refractivity contribution in [3.8, 4) is 0 Å². The quantitative estimate of drug-likeness (QED) is 0.815. The van der Waals surface area contributed by atoms with Crippen molar-refractivity contribution in [3.63, 3.8) is 0 Å². The lowest BCUT2D eigenvalue weighted by Gasteiger charge is -2.03. The van der Waals surface area contributed by atoms with E-state index in [2.05, 4.69) is 12.2 Å². The summed E-state index contributed by atoms with van der Waals surface area (Å²) in [6.45, 7) is 0.0224. The molecule has 0 unspecified atom stereocenters. The second-order valence-corrected chi connectivity index (χ2v) is 5.63. The summed E-state index contributed by atoms with van der Waals surface area (Å²) in [5, 5.41) is 10.1. The third-order valence-electron chi connectivity index (χ3n) is 3.13. The van der Waals surface area contributed by atoms with Crippen molar-refractivity contribution in [1.29, 1.82) is 0 Å². The summed E-state index contributed by atoms with van der Waals surface area (Å²) in [7, 11) is 0. The summed E-state index contributed by atoms with van der Waals surface area (Å²) >= 11 is 12.1. The predicted octanol–water partition coefficient (Wildman–Crippen LogP) is 4.25. The molecule has 1 aliphatic carbocycles. The minimum absolute atomic E-state index is 0.0224. The fraction of sp³-hybridized carbons (Fsp3) is 0.429. The molecule has 0 amide bonds. The van der Waals surface area contributed by atoms with Crippen LogP contribution in [0.2, 0.25) is 5.02 Å². The molecular weight excluding hydrogens is 255 g/mol. The number of hydrogen-bond acceptors (Lipinski definition) is 1. The van der Waals surface area contributed by atoms with Crippen molar-refractivity contribution >= 4 is 29.3 Å². The van der Waals surface area contributed by atoms with E-state index in [0.29, 0.717) is 16.3 Å². The Morgan fingerprint density at radius 1 is 1.29 bits per heavy atom. The number of alkyl halides is 1. The van der Waals surface area contributed by atoms with Gasteiger partial charge in [-0.15, -0.1) is 11.6 Å². The lowest BCUT2D eigenvalue weighted by atomic mass is 10.0. The molecule has 0 saturated heterocycles. The maximum Gasteiger partial charge on any atom is 0.0682 e. The van der Waals surface area contributed by atoms with Gasteiger partial charge in [-0.25, -0.2) is 0 Å². The van der Waals surface area contributed by atoms with Crippen molar-refractivity contribution in [2.24, 2.45) is 5.92 Å². The average molecular weight is 271 g/mol. The van der Waals surface area contributed by atoms with Crippen LogP contribution in [0.3, 0.4) is 0 Å². The molecule has 0 aromatic heterocycles. The molecule has 0 heterocycles. The molecule has 92 valence electrons. The van der Waals surface area contributed by atoms with Crippen molar-refractivity contribution in [3.05, 3.63) is 40.4 Å². The van der Waals surface area contributed by atoms with Gasteiger partial charge in [0.25, 0.3) is 0 Å². The van der Waals surface area contributed by atoms with Crippen LogP contribution >= 0.6 is 23.2 Å². The maximum absolute atomic E-state index is 9.10. The van der Waals surface area contributed by atoms with Gasteiger partial charge in [0.1, 0.15) is 0 Å². The van der Waals surface area contributed by atoms with Crippen LogP contribution < -0.4 is 0 Å². The molecule has 1 aliphatic rings. The zero-order valence-corrected chi connectivity index (χ0v) is 11.1. The van der Waals surface area contributed by atoms with Crippen LogP contribution in [-0.4, -0.2) is 10.5 Å². The Balaban J connectivity index is 2.07. The van der Waals surface area contributed by atoms with Crippen molar-refractivity contribution < 1.29 is 5.11 Å². The second kappa shape index (κ2) is 5.90. The van der Waals surface area contributed by atoms with Crippen molar-refractivity contribution in [1.82, 2.24) is 0 Å². The molecule has 0 spiro atoms. The third kappa shape index (κ3) is 3.74. The normalized spacial score (nSPS) is 24.6. The smallest absolute Gasteiger partial charge is 0.0682 e. The van der Waals surface area contributed by atoms with E-state index in [-0.39, 0.29) is 6.61 Å². The Hall–Kier alpha value is -0.500. The van der Waals surface area contributed by atoms with E-state index in [1.807, 2.05) is 12.1 Å². The second-order valence-electron chi connectivity index (χ2n) is 4.58. The summed E-state index contributed by atoms with van der Waals surface area (Å²) in [5.41, 5.74) is 1.89. The van der Waals surface area contributed by atoms with Gasteiger partial charge in [0.15, 0.2) is 0 Å². The van der Waals surface area contributed by atoms with Crippen LogP contribution in [0.15, 0.2) is 24.3 Å². The van der Waals surface area contributed by atoms with Gasteiger partial charge < -0.3 is 5.11 Å². The van der Waals surface area contributed by atoms with Crippen LogP contribution in [0.5, 0.6) is 0 Å². The van der Waals surface area contributed by atoms with E-state index in [1.165, 1.54) is 0 Å². The molecule has 1 N–H and O–H groups in total. The number of allylic oxidation sites excluding steroid dienone is 1. The highest BCUT2D eigenvalue weighted by Gasteiger charge is 2.20. The van der Waals surface area contributed by atoms with E-state index in [0.717, 1.165) is 30.4 Å². The van der Waals surface area contributed by atoms with Gasteiger partial charge in [-0.1, -0.05) is 23.8 Å². The topological polar surface area (TPSA) is 20.2 Å². The van der Waals surface area contributed by atoms with Gasteiger partial charge in [-0.3, -0.25) is 0 Å². The number of rotatable bonds is 3. The minimum Gasteiger partial charge on any atom is -0.392 e. The summed E-state index contributed by atoms with van der Waals surface area (Å²) in [4.78, 5) is 0. The first-order valence-corrected chi connectivity index (χ1v) is 6.71. The molecule has 1 saturated carbocycles. The molecule has 1 fully saturated rings. The molecule has 1 nitrogen and oxygen atoms in total. The first-order valence-electron chi connectivity index (χ1n) is 5.90. The summed E-state index contributed by atoms with van der Waals surface area (Å²) in [6.07, 6.45) is 7.61. The Morgan fingerprint density at radius 2 is 2.12 bits per heavy atom. The first kappa shape index (κ1) is 12.9. The molecule has 17 heavy (non-hydrogen) atoms. The fourth-order valence-corrected chi connectivity index (χ4v) is 2.87. The Bertz CT molecular complexity index is 415. The molecule has 1 aromatic carbocycles. The fourth-order valence-electron chi connectivity index (χ4n) is 2.24. The molecule has 0 bridgehead atoms. The molecule has 0 aliphatic heterocycles. The number of aliphatic hydroxyl groups is 1. The Labute approximate surface area is 112 Å². The van der Waals surface area contributed by atoms with Crippen LogP contribution in [-0.2, 0) is 6.61 Å². The van der Waals surface area contributed by atoms with Crippen molar-refractivity contribution in [2.75, 3.05) is 0 Å². The van der Waals surface area contributed by atoms with Crippen LogP contribution in [0, 0.1) is 5.92 Å². The number of aliphatic hydroxyl groups excluding tert-OH is 1. The zero-order valence-electron chi connectivity index (χ0n) is 9.57. The van der Waals surface area contributed by atoms with Gasteiger partial charge in [-0.05, 0) is 54.5 Å². The number of benzene rings is 1. The van der Waals surface area contributed by atoms with E-state index >= 15 is 0 Å². The van der Waals surface area contributed by atoms with Gasteiger partial charge in [0.2, 0.25) is 0 Å². The average Bonchev–Trinajstić information content (AvgIpc) is 2.72. The van der Waals surface area contributed by atoms with E-state index in [9.17, 15) is 0 Å². The van der Waals surface area contributed by atoms with E-state index in [4.69, 9.17) is 28.3 Å². The predicted molar refractivity (Wildman–Crippen MR) is 73.4 cm³/mol. The molecule has 0 radical (unpaired) electrons. The van der Waals surface area contributed by atoms with Crippen LogP contribution in [0.4, 0.5) is 0 Å². The highest BCUT2D eigenvalue weighted by molar-refractivity contribution is 6.30. The number of halogens is 2. The zero-order chi connectivity index (χ0) is 12.3. The highest BCUT2D eigenvalue weighted by atomic mass is 35.5. The lowest BCUT2D eigenvalue weighted by Crippen LogP contribution is -1.91. The number of hydrogen-bond donors (Lipinski definition) is 1. The van der Waals surface area contributed by atoms with Gasteiger partial charge in [0, 0.05) is 10.4 Å². The van der Waals surface area contributed by atoms with Crippen LogP contribution in [0.25, 0.3) is 6.08 Å². The molecule has 1 aromatic rings. The van der Waals surface area contributed by atoms with E-state index < -0.39 is 0 Å². The van der Waals surface area contributed by atoms with Gasteiger partial charge in [-0.2, -0.15) is 0 Å². The highest BCUT2D eigenvalue weighted by Crippen LogP contribution is 2.31. The standard InChI is InChI=1S/C14H16Cl2O/c15-13-4-3-10(6-13)1-2-11-5-12(9-17)8-14(16)7-11/h1-2,5,7-8,10,13,17H,3-4,6,9H2/b2-1+/t10-,13+/m0/s1. The van der Waals surface area contributed by atoms with Gasteiger partial charge >= 0.3 is 0 Å². The SMILES string of the molecule is OCc1cc(Cl)cc(/C=C/[C@H]2CC[C@@H](Cl)C2)c1. The lowest BCUT2D eigenvalue weighted by molar-refractivity contribution is 0.282. The molecule has 2 atom stereocenters. The molecule has 2 rings (SSSR count). The van der Waals surface area contributed by atoms with Gasteiger partial charge in [0.05, 0.1) is 6.61 Å². The molecule has 3 heteroatoms. The maximum atomic E-state index is 9.10.